The van der Waals surface area contributed by atoms with Gasteiger partial charge >= 0.3 is 0 Å². The van der Waals surface area contributed by atoms with Crippen molar-refractivity contribution in [2.75, 3.05) is 19.6 Å². The summed E-state index contributed by atoms with van der Waals surface area (Å²) in [6.07, 6.45) is 5.04. The first-order valence-corrected chi connectivity index (χ1v) is 8.32. The molecule has 1 aliphatic heterocycles. The standard InChI is InChI=1S/C17H23ClN2O2/c18-15-7-4-6-14(12-15)13-16(21)19-9-5-11-20-10-3-1-2-8-17(20)22/h4,6-7,12H,1-3,5,8-11,13H2,(H,19,21). The number of likely N-dealkylation sites (tertiary alicyclic amines) is 1. The minimum atomic E-state index is -0.00976. The minimum Gasteiger partial charge on any atom is -0.356 e. The van der Waals surface area contributed by atoms with Gasteiger partial charge in [-0.25, -0.2) is 0 Å². The summed E-state index contributed by atoms with van der Waals surface area (Å²) in [5.41, 5.74) is 0.910. The molecule has 0 bridgehead atoms. The lowest BCUT2D eigenvalue weighted by atomic mass is 10.1. The molecule has 0 spiro atoms. The maximum absolute atomic E-state index is 11.9. The van der Waals surface area contributed by atoms with Crippen LogP contribution in [-0.4, -0.2) is 36.3 Å². The zero-order chi connectivity index (χ0) is 15.8. The zero-order valence-electron chi connectivity index (χ0n) is 12.8. The fourth-order valence-corrected chi connectivity index (χ4v) is 2.88. The minimum absolute atomic E-state index is 0.00976. The first-order valence-electron chi connectivity index (χ1n) is 7.94. The van der Waals surface area contributed by atoms with Crippen molar-refractivity contribution in [2.45, 2.75) is 38.5 Å². The molecule has 1 fully saturated rings. The van der Waals surface area contributed by atoms with Gasteiger partial charge in [0, 0.05) is 31.1 Å². The fourth-order valence-electron chi connectivity index (χ4n) is 2.67. The van der Waals surface area contributed by atoms with Crippen LogP contribution in [0.5, 0.6) is 0 Å². The molecule has 0 radical (unpaired) electrons. The molecule has 1 aromatic rings. The van der Waals surface area contributed by atoms with Gasteiger partial charge in [-0.05, 0) is 37.0 Å². The number of benzene rings is 1. The molecule has 22 heavy (non-hydrogen) atoms. The average Bonchev–Trinajstić information content (AvgIpc) is 2.68. The maximum Gasteiger partial charge on any atom is 0.224 e. The molecular formula is C17H23ClN2O2. The van der Waals surface area contributed by atoms with Gasteiger partial charge in [0.1, 0.15) is 0 Å². The van der Waals surface area contributed by atoms with Crippen LogP contribution in [0.3, 0.4) is 0 Å². The van der Waals surface area contributed by atoms with E-state index in [9.17, 15) is 9.59 Å². The van der Waals surface area contributed by atoms with Crippen LogP contribution in [0.4, 0.5) is 0 Å². The van der Waals surface area contributed by atoms with E-state index in [1.54, 1.807) is 12.1 Å². The van der Waals surface area contributed by atoms with E-state index in [4.69, 9.17) is 11.6 Å². The summed E-state index contributed by atoms with van der Waals surface area (Å²) in [5, 5.41) is 3.54. The largest absolute Gasteiger partial charge is 0.356 e. The Balaban J connectivity index is 1.65. The second kappa shape index (κ2) is 8.79. The van der Waals surface area contributed by atoms with Crippen LogP contribution in [0.1, 0.15) is 37.7 Å². The summed E-state index contributed by atoms with van der Waals surface area (Å²) >= 11 is 5.90. The molecular weight excluding hydrogens is 300 g/mol. The molecule has 0 atom stereocenters. The van der Waals surface area contributed by atoms with Crippen LogP contribution in [0.25, 0.3) is 0 Å². The number of rotatable bonds is 6. The molecule has 2 amide bonds. The summed E-state index contributed by atoms with van der Waals surface area (Å²) in [6, 6.07) is 7.33. The molecule has 4 nitrogen and oxygen atoms in total. The number of nitrogens with zero attached hydrogens (tertiary/aromatic N) is 1. The first-order chi connectivity index (χ1) is 10.6. The Bertz CT molecular complexity index is 519. The quantitative estimate of drug-likeness (QED) is 0.819. The lowest BCUT2D eigenvalue weighted by molar-refractivity contribution is -0.130. The second-order valence-electron chi connectivity index (χ2n) is 5.70. The van der Waals surface area contributed by atoms with E-state index in [1.807, 2.05) is 17.0 Å². The van der Waals surface area contributed by atoms with Gasteiger partial charge in [0.2, 0.25) is 11.8 Å². The predicted octanol–water partition coefficient (Wildman–Crippen LogP) is 2.79. The van der Waals surface area contributed by atoms with E-state index in [1.165, 1.54) is 0 Å². The van der Waals surface area contributed by atoms with E-state index < -0.39 is 0 Å². The SMILES string of the molecule is O=C(Cc1cccc(Cl)c1)NCCCN1CCCCCC1=O. The summed E-state index contributed by atoms with van der Waals surface area (Å²) in [6.45, 7) is 2.19. The number of hydrogen-bond donors (Lipinski definition) is 1. The van der Waals surface area contributed by atoms with Crippen LogP contribution >= 0.6 is 11.6 Å². The molecule has 0 unspecified atom stereocenters. The van der Waals surface area contributed by atoms with Crippen LogP contribution in [-0.2, 0) is 16.0 Å². The maximum atomic E-state index is 11.9. The first kappa shape index (κ1) is 16.8. The molecule has 1 heterocycles. The Labute approximate surface area is 136 Å². The van der Waals surface area contributed by atoms with Crippen LogP contribution < -0.4 is 5.32 Å². The number of nitrogens with one attached hydrogen (secondary N) is 1. The van der Waals surface area contributed by atoms with Crippen molar-refractivity contribution in [3.63, 3.8) is 0 Å². The molecule has 1 aliphatic rings. The Morgan fingerprint density at radius 2 is 2.14 bits per heavy atom. The lowest BCUT2D eigenvalue weighted by Crippen LogP contribution is -2.34. The summed E-state index contributed by atoms with van der Waals surface area (Å²) in [4.78, 5) is 25.6. The van der Waals surface area contributed by atoms with Crippen molar-refractivity contribution in [3.8, 4) is 0 Å². The number of hydrogen-bond acceptors (Lipinski definition) is 2. The number of amides is 2. The second-order valence-corrected chi connectivity index (χ2v) is 6.14. The predicted molar refractivity (Wildman–Crippen MR) is 87.8 cm³/mol. The Hall–Kier alpha value is -1.55. The highest BCUT2D eigenvalue weighted by Gasteiger charge is 2.15. The summed E-state index contributed by atoms with van der Waals surface area (Å²) in [7, 11) is 0. The van der Waals surface area contributed by atoms with Crippen LogP contribution in [0, 0.1) is 0 Å². The van der Waals surface area contributed by atoms with Crippen molar-refractivity contribution < 1.29 is 9.59 Å². The zero-order valence-corrected chi connectivity index (χ0v) is 13.6. The van der Waals surface area contributed by atoms with Gasteiger partial charge < -0.3 is 10.2 Å². The molecule has 0 saturated carbocycles. The van der Waals surface area contributed by atoms with E-state index >= 15 is 0 Å². The third kappa shape index (κ3) is 5.68. The molecule has 5 heteroatoms. The number of halogens is 1. The van der Waals surface area contributed by atoms with E-state index in [0.29, 0.717) is 24.4 Å². The smallest absolute Gasteiger partial charge is 0.224 e. The number of carbonyl (C=O) groups is 2. The Morgan fingerprint density at radius 3 is 2.95 bits per heavy atom. The van der Waals surface area contributed by atoms with Gasteiger partial charge in [0.15, 0.2) is 0 Å². The molecule has 1 aromatic carbocycles. The van der Waals surface area contributed by atoms with Gasteiger partial charge in [-0.2, -0.15) is 0 Å². The van der Waals surface area contributed by atoms with Gasteiger partial charge in [-0.15, -0.1) is 0 Å². The molecule has 1 N–H and O–H groups in total. The molecule has 0 aliphatic carbocycles. The van der Waals surface area contributed by atoms with Crippen molar-refractivity contribution in [1.82, 2.24) is 10.2 Å². The molecule has 2 rings (SSSR count). The van der Waals surface area contributed by atoms with E-state index in [0.717, 1.165) is 44.3 Å². The third-order valence-corrected chi connectivity index (χ3v) is 4.09. The topological polar surface area (TPSA) is 49.4 Å². The number of carbonyl (C=O) groups excluding carboxylic acids is 2. The molecule has 1 saturated heterocycles. The highest BCUT2D eigenvalue weighted by molar-refractivity contribution is 6.30. The van der Waals surface area contributed by atoms with E-state index in [2.05, 4.69) is 5.32 Å². The van der Waals surface area contributed by atoms with Crippen molar-refractivity contribution in [1.29, 1.82) is 0 Å². The lowest BCUT2D eigenvalue weighted by Gasteiger charge is -2.20. The Kier molecular flexibility index (Phi) is 6.72. The Morgan fingerprint density at radius 1 is 1.27 bits per heavy atom. The van der Waals surface area contributed by atoms with Crippen molar-refractivity contribution in [3.05, 3.63) is 34.9 Å². The van der Waals surface area contributed by atoms with Crippen LogP contribution in [0.2, 0.25) is 5.02 Å². The third-order valence-electron chi connectivity index (χ3n) is 3.85. The van der Waals surface area contributed by atoms with Crippen molar-refractivity contribution >= 4 is 23.4 Å². The average molecular weight is 323 g/mol. The van der Waals surface area contributed by atoms with Gasteiger partial charge in [-0.1, -0.05) is 30.2 Å². The van der Waals surface area contributed by atoms with E-state index in [-0.39, 0.29) is 11.8 Å². The van der Waals surface area contributed by atoms with Crippen molar-refractivity contribution in [2.24, 2.45) is 0 Å². The highest BCUT2D eigenvalue weighted by Crippen LogP contribution is 2.12. The van der Waals surface area contributed by atoms with Gasteiger partial charge in [0.05, 0.1) is 6.42 Å². The highest BCUT2D eigenvalue weighted by atomic mass is 35.5. The van der Waals surface area contributed by atoms with Gasteiger partial charge in [0.25, 0.3) is 0 Å². The molecule has 120 valence electrons. The normalized spacial score (nSPS) is 15.5. The summed E-state index contributed by atoms with van der Waals surface area (Å²) < 4.78 is 0. The molecule has 0 aromatic heterocycles. The summed E-state index contributed by atoms with van der Waals surface area (Å²) in [5.74, 6) is 0.243. The fraction of sp³-hybridized carbons (Fsp3) is 0.529. The van der Waals surface area contributed by atoms with Gasteiger partial charge in [-0.3, -0.25) is 9.59 Å². The van der Waals surface area contributed by atoms with Crippen LogP contribution in [0.15, 0.2) is 24.3 Å². The monoisotopic (exact) mass is 322 g/mol.